The Hall–Kier alpha value is -2.87. The molecule has 2 aliphatic rings. The molecule has 3 aromatic rings. The van der Waals surface area contributed by atoms with Crippen molar-refractivity contribution in [1.82, 2.24) is 10.3 Å². The number of fused-ring (bicyclic) bond motifs is 2. The zero-order valence-electron chi connectivity index (χ0n) is 18.2. The molecule has 1 saturated heterocycles. The van der Waals surface area contributed by atoms with Crippen molar-refractivity contribution in [2.24, 2.45) is 0 Å². The fourth-order valence-electron chi connectivity index (χ4n) is 4.09. The van der Waals surface area contributed by atoms with Gasteiger partial charge in [0.2, 0.25) is 0 Å². The summed E-state index contributed by atoms with van der Waals surface area (Å²) < 4.78 is 28.6. The number of aromatic nitrogens is 1. The minimum atomic E-state index is -0.198. The summed E-state index contributed by atoms with van der Waals surface area (Å²) in [6, 6.07) is 14.2. The highest BCUT2D eigenvalue weighted by Gasteiger charge is 2.22. The summed E-state index contributed by atoms with van der Waals surface area (Å²) in [7, 11) is 1.68. The van der Waals surface area contributed by atoms with Gasteiger partial charge in [-0.05, 0) is 53.9 Å². The highest BCUT2D eigenvalue weighted by atomic mass is 16.7. The van der Waals surface area contributed by atoms with Gasteiger partial charge in [0.05, 0.1) is 31.9 Å². The molecule has 0 amide bonds. The Morgan fingerprint density at radius 3 is 2.69 bits per heavy atom. The van der Waals surface area contributed by atoms with Gasteiger partial charge in [0, 0.05) is 24.5 Å². The maximum atomic E-state index is 5.98. The van der Waals surface area contributed by atoms with Gasteiger partial charge in [-0.2, -0.15) is 0 Å². The Labute approximate surface area is 187 Å². The van der Waals surface area contributed by atoms with Crippen molar-refractivity contribution in [3.05, 3.63) is 59.8 Å². The van der Waals surface area contributed by atoms with Gasteiger partial charge in [0.1, 0.15) is 19.0 Å². The second-order valence-electron chi connectivity index (χ2n) is 8.04. The van der Waals surface area contributed by atoms with E-state index in [9.17, 15) is 0 Å². The Balaban J connectivity index is 1.10. The first kappa shape index (κ1) is 21.0. The fourth-order valence-corrected chi connectivity index (χ4v) is 4.09. The molecule has 2 aromatic carbocycles. The Bertz CT molecular complexity index is 1070. The predicted molar refractivity (Wildman–Crippen MR) is 120 cm³/mol. The van der Waals surface area contributed by atoms with E-state index in [0.29, 0.717) is 26.4 Å². The van der Waals surface area contributed by atoms with Crippen molar-refractivity contribution < 1.29 is 23.7 Å². The number of nitrogens with zero attached hydrogens (tertiary/aromatic N) is 1. The van der Waals surface area contributed by atoms with Crippen LogP contribution in [0.2, 0.25) is 0 Å². The molecular weight excluding hydrogens is 408 g/mol. The van der Waals surface area contributed by atoms with E-state index in [1.165, 1.54) is 5.56 Å². The number of benzene rings is 2. The van der Waals surface area contributed by atoms with Crippen LogP contribution in [-0.2, 0) is 22.4 Å². The average molecular weight is 437 g/mol. The van der Waals surface area contributed by atoms with Crippen LogP contribution in [0.15, 0.2) is 48.7 Å². The minimum Gasteiger partial charge on any atom is -0.497 e. The van der Waals surface area contributed by atoms with Crippen molar-refractivity contribution in [3.63, 3.8) is 0 Å². The average Bonchev–Trinajstić information content (AvgIpc) is 2.86. The molecule has 0 spiro atoms. The van der Waals surface area contributed by atoms with Gasteiger partial charge in [0.25, 0.3) is 0 Å². The summed E-state index contributed by atoms with van der Waals surface area (Å²) in [4.78, 5) is 4.45. The SMILES string of the molecule is COc1ccc2nccc(CCC3OCC(NCc4ccc5c(c4)OCCO5)CO3)c2c1. The first-order chi connectivity index (χ1) is 15.8. The van der Waals surface area contributed by atoms with E-state index in [4.69, 9.17) is 23.7 Å². The summed E-state index contributed by atoms with van der Waals surface area (Å²) in [6.45, 7) is 3.18. The maximum Gasteiger partial charge on any atom is 0.161 e. The third-order valence-electron chi connectivity index (χ3n) is 5.86. The van der Waals surface area contributed by atoms with Crippen LogP contribution in [0.1, 0.15) is 17.5 Å². The summed E-state index contributed by atoms with van der Waals surface area (Å²) in [5, 5.41) is 4.62. The second kappa shape index (κ2) is 9.73. The van der Waals surface area contributed by atoms with Gasteiger partial charge in [-0.25, -0.2) is 0 Å². The van der Waals surface area contributed by atoms with Crippen LogP contribution in [0.5, 0.6) is 17.2 Å². The number of nitrogens with one attached hydrogen (secondary N) is 1. The molecular formula is C25H28N2O5. The van der Waals surface area contributed by atoms with Gasteiger partial charge < -0.3 is 29.0 Å². The van der Waals surface area contributed by atoms with E-state index in [0.717, 1.165) is 53.1 Å². The molecule has 0 unspecified atom stereocenters. The monoisotopic (exact) mass is 436 g/mol. The summed E-state index contributed by atoms with van der Waals surface area (Å²) in [6.07, 6.45) is 3.30. The van der Waals surface area contributed by atoms with Crippen LogP contribution in [0.25, 0.3) is 10.9 Å². The van der Waals surface area contributed by atoms with Crippen molar-refractivity contribution in [3.8, 4) is 17.2 Å². The Morgan fingerprint density at radius 1 is 1.00 bits per heavy atom. The molecule has 0 bridgehead atoms. The fraction of sp³-hybridized carbons (Fsp3) is 0.400. The van der Waals surface area contributed by atoms with E-state index in [1.54, 1.807) is 7.11 Å². The Morgan fingerprint density at radius 2 is 1.84 bits per heavy atom. The third kappa shape index (κ3) is 4.80. The molecule has 0 aliphatic carbocycles. The van der Waals surface area contributed by atoms with Crippen LogP contribution < -0.4 is 19.5 Å². The second-order valence-corrected chi connectivity index (χ2v) is 8.04. The number of ether oxygens (including phenoxy) is 5. The van der Waals surface area contributed by atoms with E-state index in [1.807, 2.05) is 36.5 Å². The largest absolute Gasteiger partial charge is 0.497 e. The topological polar surface area (TPSA) is 71.1 Å². The molecule has 2 aliphatic heterocycles. The number of aryl methyl sites for hydroxylation is 1. The number of methoxy groups -OCH3 is 1. The zero-order chi connectivity index (χ0) is 21.8. The highest BCUT2D eigenvalue weighted by molar-refractivity contribution is 5.83. The van der Waals surface area contributed by atoms with E-state index < -0.39 is 0 Å². The van der Waals surface area contributed by atoms with E-state index in [2.05, 4.69) is 22.4 Å². The van der Waals surface area contributed by atoms with Gasteiger partial charge in [-0.1, -0.05) is 6.07 Å². The first-order valence-electron chi connectivity index (χ1n) is 11.1. The number of pyridine rings is 1. The summed E-state index contributed by atoms with van der Waals surface area (Å²) >= 11 is 0. The van der Waals surface area contributed by atoms with Gasteiger partial charge in [-0.3, -0.25) is 4.98 Å². The lowest BCUT2D eigenvalue weighted by molar-refractivity contribution is -0.192. The van der Waals surface area contributed by atoms with Crippen molar-refractivity contribution in [2.75, 3.05) is 33.5 Å². The van der Waals surface area contributed by atoms with Crippen LogP contribution in [0.3, 0.4) is 0 Å². The zero-order valence-corrected chi connectivity index (χ0v) is 18.2. The summed E-state index contributed by atoms with van der Waals surface area (Å²) in [5.74, 6) is 2.46. The van der Waals surface area contributed by atoms with E-state index >= 15 is 0 Å². The molecule has 3 heterocycles. The number of hydrogen-bond acceptors (Lipinski definition) is 7. The molecule has 7 nitrogen and oxygen atoms in total. The minimum absolute atomic E-state index is 0.158. The normalized spacial score (nSPS) is 20.3. The molecule has 1 aromatic heterocycles. The molecule has 1 N–H and O–H groups in total. The summed E-state index contributed by atoms with van der Waals surface area (Å²) in [5.41, 5.74) is 3.34. The Kier molecular flexibility index (Phi) is 6.39. The lowest BCUT2D eigenvalue weighted by Gasteiger charge is -2.30. The predicted octanol–water partition coefficient (Wildman–Crippen LogP) is 3.48. The van der Waals surface area contributed by atoms with Crippen LogP contribution in [-0.4, -0.2) is 50.9 Å². The maximum absolute atomic E-state index is 5.98. The molecule has 0 atom stereocenters. The lowest BCUT2D eigenvalue weighted by atomic mass is 10.0. The van der Waals surface area contributed by atoms with Crippen molar-refractivity contribution >= 4 is 10.9 Å². The standard InChI is InChI=1S/C25H28N2O5/c1-28-20-4-5-22-21(13-20)18(8-9-26-22)3-7-25-31-15-19(16-32-25)27-14-17-2-6-23-24(12-17)30-11-10-29-23/h2,4-6,8-9,12-13,19,25,27H,3,7,10-11,14-16H2,1H3. The van der Waals surface area contributed by atoms with Crippen molar-refractivity contribution in [1.29, 1.82) is 0 Å². The molecule has 32 heavy (non-hydrogen) atoms. The third-order valence-corrected chi connectivity index (χ3v) is 5.86. The van der Waals surface area contributed by atoms with Crippen LogP contribution >= 0.6 is 0 Å². The number of rotatable bonds is 7. The molecule has 0 radical (unpaired) electrons. The van der Waals surface area contributed by atoms with E-state index in [-0.39, 0.29) is 12.3 Å². The highest BCUT2D eigenvalue weighted by Crippen LogP contribution is 2.30. The molecule has 0 saturated carbocycles. The molecule has 1 fully saturated rings. The van der Waals surface area contributed by atoms with Crippen LogP contribution in [0, 0.1) is 0 Å². The number of hydrogen-bond donors (Lipinski definition) is 1. The van der Waals surface area contributed by atoms with Crippen molar-refractivity contribution in [2.45, 2.75) is 31.7 Å². The van der Waals surface area contributed by atoms with Crippen LogP contribution in [0.4, 0.5) is 0 Å². The smallest absolute Gasteiger partial charge is 0.161 e. The lowest BCUT2D eigenvalue weighted by Crippen LogP contribution is -2.44. The van der Waals surface area contributed by atoms with Gasteiger partial charge in [0.15, 0.2) is 17.8 Å². The molecule has 7 heteroatoms. The quantitative estimate of drug-likeness (QED) is 0.608. The molecule has 168 valence electrons. The first-order valence-corrected chi connectivity index (χ1v) is 11.1. The van der Waals surface area contributed by atoms with Gasteiger partial charge in [-0.15, -0.1) is 0 Å². The van der Waals surface area contributed by atoms with Gasteiger partial charge >= 0.3 is 0 Å². The molecule has 5 rings (SSSR count).